The first-order valence-corrected chi connectivity index (χ1v) is 10.0. The Hall–Kier alpha value is -2.94. The summed E-state index contributed by atoms with van der Waals surface area (Å²) in [6.45, 7) is 2.08. The molecule has 3 aromatic rings. The van der Waals surface area contributed by atoms with E-state index in [2.05, 4.69) is 13.0 Å². The molecule has 146 valence electrons. The molecule has 5 nitrogen and oxygen atoms in total. The number of benzene rings is 2. The zero-order chi connectivity index (χ0) is 20.5. The Bertz CT molecular complexity index is 1150. The topological polar surface area (TPSA) is 76.9 Å². The zero-order valence-electron chi connectivity index (χ0n) is 15.7. The summed E-state index contributed by atoms with van der Waals surface area (Å²) in [4.78, 5) is 0. The number of allylic oxidation sites excluding steroid dienone is 1. The second-order valence-corrected chi connectivity index (χ2v) is 7.58. The van der Waals surface area contributed by atoms with Gasteiger partial charge < -0.3 is 10.5 Å². The summed E-state index contributed by atoms with van der Waals surface area (Å²) >= 11 is 12.4. The van der Waals surface area contributed by atoms with Crippen LogP contribution in [0.4, 0.5) is 0 Å². The van der Waals surface area contributed by atoms with Crippen molar-refractivity contribution in [2.75, 3.05) is 0 Å². The van der Waals surface area contributed by atoms with Crippen LogP contribution in [0.3, 0.4) is 0 Å². The molecular formula is C22H18Cl2N4O. The Balaban J connectivity index is 1.99. The number of nitriles is 1. The van der Waals surface area contributed by atoms with Crippen LogP contribution in [0.2, 0.25) is 10.0 Å². The summed E-state index contributed by atoms with van der Waals surface area (Å²) in [7, 11) is 0. The standard InChI is InChI=1S/C22H18Cl2N4O/c1-2-6-18-20-19(13-9-10-16(23)17(24)11-13)15(12-25)21(26)29-22(20)28(27-18)14-7-4-3-5-8-14/h3-5,7-11,19H,2,6,26H2,1H3. The third-order valence-electron chi connectivity index (χ3n) is 4.89. The quantitative estimate of drug-likeness (QED) is 0.611. The number of ether oxygens (including phenoxy) is 1. The van der Waals surface area contributed by atoms with Crippen molar-refractivity contribution < 1.29 is 4.74 Å². The van der Waals surface area contributed by atoms with Crippen LogP contribution in [-0.2, 0) is 6.42 Å². The molecule has 0 saturated carbocycles. The smallest absolute Gasteiger partial charge is 0.229 e. The molecule has 0 spiro atoms. The fraction of sp³-hybridized carbons (Fsp3) is 0.182. The normalized spacial score (nSPS) is 15.6. The Morgan fingerprint density at radius 2 is 1.93 bits per heavy atom. The van der Waals surface area contributed by atoms with E-state index in [1.54, 1.807) is 16.8 Å². The summed E-state index contributed by atoms with van der Waals surface area (Å²) in [5.74, 6) is 0.154. The van der Waals surface area contributed by atoms with Gasteiger partial charge in [0.15, 0.2) is 0 Å². The van der Waals surface area contributed by atoms with Crippen LogP contribution in [-0.4, -0.2) is 9.78 Å². The molecule has 0 radical (unpaired) electrons. The van der Waals surface area contributed by atoms with Crippen molar-refractivity contribution in [2.45, 2.75) is 25.7 Å². The SMILES string of the molecule is CCCc1nn(-c2ccccc2)c2c1C(c1ccc(Cl)c(Cl)c1)C(C#N)=C(N)O2. The summed E-state index contributed by atoms with van der Waals surface area (Å²) in [6.07, 6.45) is 1.63. The molecule has 2 N–H and O–H groups in total. The van der Waals surface area contributed by atoms with Crippen molar-refractivity contribution in [1.29, 1.82) is 5.26 Å². The van der Waals surface area contributed by atoms with E-state index in [4.69, 9.17) is 38.8 Å². The van der Waals surface area contributed by atoms with Gasteiger partial charge in [0.1, 0.15) is 11.6 Å². The van der Waals surface area contributed by atoms with Gasteiger partial charge >= 0.3 is 0 Å². The van der Waals surface area contributed by atoms with Crippen molar-refractivity contribution in [3.8, 4) is 17.6 Å². The second-order valence-electron chi connectivity index (χ2n) is 6.76. The van der Waals surface area contributed by atoms with E-state index >= 15 is 0 Å². The molecule has 0 aliphatic carbocycles. The molecule has 4 rings (SSSR count). The molecule has 2 aromatic carbocycles. The van der Waals surface area contributed by atoms with Gasteiger partial charge in [-0.25, -0.2) is 4.68 Å². The van der Waals surface area contributed by atoms with Gasteiger partial charge in [-0.15, -0.1) is 0 Å². The molecule has 1 unspecified atom stereocenters. The van der Waals surface area contributed by atoms with E-state index in [1.807, 2.05) is 36.4 Å². The molecule has 0 bridgehead atoms. The van der Waals surface area contributed by atoms with E-state index < -0.39 is 5.92 Å². The highest BCUT2D eigenvalue weighted by Gasteiger charge is 2.37. The lowest BCUT2D eigenvalue weighted by Gasteiger charge is -2.25. The maximum Gasteiger partial charge on any atom is 0.229 e. The van der Waals surface area contributed by atoms with Crippen LogP contribution in [0.15, 0.2) is 60.0 Å². The molecule has 1 aliphatic heterocycles. The lowest BCUT2D eigenvalue weighted by Crippen LogP contribution is -2.22. The minimum atomic E-state index is -0.433. The van der Waals surface area contributed by atoms with Crippen molar-refractivity contribution in [2.24, 2.45) is 5.73 Å². The largest absolute Gasteiger partial charge is 0.422 e. The minimum Gasteiger partial charge on any atom is -0.422 e. The van der Waals surface area contributed by atoms with Gasteiger partial charge in [0.05, 0.1) is 32.9 Å². The van der Waals surface area contributed by atoms with Crippen molar-refractivity contribution in [3.63, 3.8) is 0 Å². The van der Waals surface area contributed by atoms with Crippen LogP contribution in [0.25, 0.3) is 5.69 Å². The van der Waals surface area contributed by atoms with E-state index in [0.29, 0.717) is 21.5 Å². The molecule has 2 heterocycles. The molecule has 1 aliphatic rings. The molecule has 29 heavy (non-hydrogen) atoms. The number of aryl methyl sites for hydroxylation is 1. The van der Waals surface area contributed by atoms with E-state index in [0.717, 1.165) is 35.3 Å². The van der Waals surface area contributed by atoms with Crippen molar-refractivity contribution in [1.82, 2.24) is 9.78 Å². The molecule has 0 fully saturated rings. The lowest BCUT2D eigenvalue weighted by atomic mass is 9.83. The monoisotopic (exact) mass is 424 g/mol. The van der Waals surface area contributed by atoms with Crippen molar-refractivity contribution >= 4 is 23.2 Å². The number of para-hydroxylation sites is 1. The van der Waals surface area contributed by atoms with Crippen molar-refractivity contribution in [3.05, 3.63) is 86.9 Å². The second kappa shape index (κ2) is 7.82. The fourth-order valence-electron chi connectivity index (χ4n) is 3.60. The number of aromatic nitrogens is 2. The summed E-state index contributed by atoms with van der Waals surface area (Å²) in [5.41, 5.74) is 9.86. The Morgan fingerprint density at radius 3 is 2.59 bits per heavy atom. The van der Waals surface area contributed by atoms with Gasteiger partial charge in [0, 0.05) is 0 Å². The fourth-order valence-corrected chi connectivity index (χ4v) is 3.91. The summed E-state index contributed by atoms with van der Waals surface area (Å²) in [5, 5.41) is 15.5. The molecular weight excluding hydrogens is 407 g/mol. The predicted molar refractivity (Wildman–Crippen MR) is 113 cm³/mol. The van der Waals surface area contributed by atoms with Gasteiger partial charge in [0.25, 0.3) is 0 Å². The first-order valence-electron chi connectivity index (χ1n) is 9.24. The number of halogens is 2. The van der Waals surface area contributed by atoms with Gasteiger partial charge in [0.2, 0.25) is 11.8 Å². The third kappa shape index (κ3) is 3.35. The van der Waals surface area contributed by atoms with Gasteiger partial charge in [-0.05, 0) is 36.2 Å². The Kier molecular flexibility index (Phi) is 5.23. The predicted octanol–water partition coefficient (Wildman–Crippen LogP) is 5.35. The number of hydrogen-bond acceptors (Lipinski definition) is 4. The number of nitrogens with zero attached hydrogens (tertiary/aromatic N) is 3. The maximum atomic E-state index is 9.83. The Morgan fingerprint density at radius 1 is 1.17 bits per heavy atom. The first kappa shape index (κ1) is 19.4. The van der Waals surface area contributed by atoms with Crippen LogP contribution < -0.4 is 10.5 Å². The number of rotatable bonds is 4. The lowest BCUT2D eigenvalue weighted by molar-refractivity contribution is 0.367. The molecule has 0 amide bonds. The average molecular weight is 425 g/mol. The van der Waals surface area contributed by atoms with Crippen LogP contribution in [0.5, 0.6) is 5.88 Å². The van der Waals surface area contributed by atoms with E-state index in [9.17, 15) is 5.26 Å². The van der Waals surface area contributed by atoms with E-state index in [1.165, 1.54) is 0 Å². The highest BCUT2D eigenvalue weighted by molar-refractivity contribution is 6.42. The third-order valence-corrected chi connectivity index (χ3v) is 5.63. The van der Waals surface area contributed by atoms with Gasteiger partial charge in [-0.2, -0.15) is 10.4 Å². The highest BCUT2D eigenvalue weighted by atomic mass is 35.5. The highest BCUT2D eigenvalue weighted by Crippen LogP contribution is 2.46. The van der Waals surface area contributed by atoms with Crippen LogP contribution in [0.1, 0.15) is 36.1 Å². The van der Waals surface area contributed by atoms with Crippen LogP contribution in [0, 0.1) is 11.3 Å². The molecule has 1 aromatic heterocycles. The van der Waals surface area contributed by atoms with Gasteiger partial charge in [-0.3, -0.25) is 0 Å². The maximum absolute atomic E-state index is 9.83. The number of fused-ring (bicyclic) bond motifs is 1. The number of hydrogen-bond donors (Lipinski definition) is 1. The first-order chi connectivity index (χ1) is 14.0. The molecule has 0 saturated heterocycles. The zero-order valence-corrected chi connectivity index (χ0v) is 17.2. The summed E-state index contributed by atoms with van der Waals surface area (Å²) in [6, 6.07) is 17.3. The van der Waals surface area contributed by atoms with Gasteiger partial charge in [-0.1, -0.05) is 60.8 Å². The summed E-state index contributed by atoms with van der Waals surface area (Å²) < 4.78 is 7.67. The van der Waals surface area contributed by atoms with Crippen LogP contribution >= 0.6 is 23.2 Å². The minimum absolute atomic E-state index is 0.0659. The molecule has 1 atom stereocenters. The number of nitrogens with two attached hydrogens (primary N) is 1. The Labute approximate surface area is 178 Å². The van der Waals surface area contributed by atoms with E-state index in [-0.39, 0.29) is 5.88 Å². The average Bonchev–Trinajstić information content (AvgIpc) is 3.08. The molecule has 7 heteroatoms.